The number of amidine groups is 1. The van der Waals surface area contributed by atoms with Crippen molar-refractivity contribution in [2.45, 2.75) is 13.3 Å². The summed E-state index contributed by atoms with van der Waals surface area (Å²) >= 11 is 3.97. The summed E-state index contributed by atoms with van der Waals surface area (Å²) in [4.78, 5) is 4.33. The molecule has 0 bridgehead atoms. The van der Waals surface area contributed by atoms with Gasteiger partial charge in [-0.1, -0.05) is 6.92 Å². The molecule has 3 N–H and O–H groups in total. The summed E-state index contributed by atoms with van der Waals surface area (Å²) in [6.45, 7) is 2.90. The molecular formula is C8H12IN3S. The highest BCUT2D eigenvalue weighted by atomic mass is 127. The van der Waals surface area contributed by atoms with Crippen molar-refractivity contribution in [3.8, 4) is 0 Å². The van der Waals surface area contributed by atoms with Gasteiger partial charge in [-0.25, -0.2) is 5.84 Å². The Hall–Kier alpha value is -0.140. The van der Waals surface area contributed by atoms with Gasteiger partial charge in [-0.3, -0.25) is 4.99 Å². The Morgan fingerprint density at radius 2 is 2.54 bits per heavy atom. The first-order valence-corrected chi connectivity index (χ1v) is 5.99. The lowest BCUT2D eigenvalue weighted by molar-refractivity contribution is 0.908. The van der Waals surface area contributed by atoms with E-state index in [1.807, 2.05) is 0 Å². The number of nitrogens with one attached hydrogen (secondary N) is 1. The second-order valence-corrected chi connectivity index (χ2v) is 5.32. The van der Waals surface area contributed by atoms with Crippen LogP contribution in [0.3, 0.4) is 0 Å². The van der Waals surface area contributed by atoms with Gasteiger partial charge in [0.05, 0.1) is 2.88 Å². The van der Waals surface area contributed by atoms with Gasteiger partial charge >= 0.3 is 0 Å². The number of nitrogens with two attached hydrogens (primary N) is 1. The fourth-order valence-corrected chi connectivity index (χ4v) is 2.21. The first-order valence-electron chi connectivity index (χ1n) is 4.03. The Kier molecular flexibility index (Phi) is 4.68. The Morgan fingerprint density at radius 3 is 3.00 bits per heavy atom. The molecule has 0 spiro atoms. The van der Waals surface area contributed by atoms with Crippen LogP contribution < -0.4 is 11.3 Å². The second kappa shape index (κ2) is 5.56. The van der Waals surface area contributed by atoms with Crippen molar-refractivity contribution in [2.24, 2.45) is 10.8 Å². The van der Waals surface area contributed by atoms with Gasteiger partial charge in [0.2, 0.25) is 0 Å². The minimum atomic E-state index is 0.779. The van der Waals surface area contributed by atoms with Crippen LogP contribution in [0.1, 0.15) is 18.9 Å². The minimum absolute atomic E-state index is 0.779. The molecule has 1 rings (SSSR count). The third-order valence-electron chi connectivity index (χ3n) is 1.47. The van der Waals surface area contributed by atoms with Crippen LogP contribution in [-0.4, -0.2) is 12.4 Å². The molecule has 1 heterocycles. The molecule has 0 aromatic carbocycles. The highest BCUT2D eigenvalue weighted by Gasteiger charge is 2.02. The van der Waals surface area contributed by atoms with Crippen molar-refractivity contribution in [2.75, 3.05) is 6.54 Å². The number of aliphatic imine (C=N–C) groups is 1. The van der Waals surface area contributed by atoms with E-state index in [0.29, 0.717) is 0 Å². The van der Waals surface area contributed by atoms with Gasteiger partial charge in [0, 0.05) is 17.5 Å². The van der Waals surface area contributed by atoms with Crippen LogP contribution in [0.5, 0.6) is 0 Å². The van der Waals surface area contributed by atoms with Gasteiger partial charge in [0.15, 0.2) is 0 Å². The van der Waals surface area contributed by atoms with E-state index in [4.69, 9.17) is 5.84 Å². The van der Waals surface area contributed by atoms with Gasteiger partial charge < -0.3 is 5.43 Å². The van der Waals surface area contributed by atoms with E-state index in [0.717, 1.165) is 24.4 Å². The Bertz CT molecular complexity index is 295. The first-order chi connectivity index (χ1) is 6.27. The summed E-state index contributed by atoms with van der Waals surface area (Å²) in [6.07, 6.45) is 1.03. The fraction of sp³-hybridized carbons (Fsp3) is 0.375. The monoisotopic (exact) mass is 309 g/mol. The highest BCUT2D eigenvalue weighted by Crippen LogP contribution is 2.16. The molecule has 0 radical (unpaired) electrons. The molecule has 0 saturated carbocycles. The maximum Gasteiger partial charge on any atom is 0.143 e. The zero-order chi connectivity index (χ0) is 9.68. The number of halogens is 1. The molecule has 1 aromatic heterocycles. The molecule has 0 unspecified atom stereocenters. The number of rotatable bonds is 3. The van der Waals surface area contributed by atoms with E-state index in [2.05, 4.69) is 51.4 Å². The van der Waals surface area contributed by atoms with E-state index in [-0.39, 0.29) is 0 Å². The number of hydrazine groups is 1. The minimum Gasteiger partial charge on any atom is -0.308 e. The van der Waals surface area contributed by atoms with E-state index in [9.17, 15) is 0 Å². The maximum atomic E-state index is 5.38. The zero-order valence-electron chi connectivity index (χ0n) is 7.38. The summed E-state index contributed by atoms with van der Waals surface area (Å²) in [5.41, 5.74) is 3.69. The summed E-state index contributed by atoms with van der Waals surface area (Å²) in [5.74, 6) is 6.15. The number of hydrogen-bond donors (Lipinski definition) is 2. The van der Waals surface area contributed by atoms with E-state index in [1.165, 1.54) is 2.88 Å². The molecule has 0 amide bonds. The molecular weight excluding hydrogens is 297 g/mol. The third-order valence-corrected chi connectivity index (χ3v) is 3.26. The highest BCUT2D eigenvalue weighted by molar-refractivity contribution is 14.1. The fourth-order valence-electron chi connectivity index (χ4n) is 0.878. The average Bonchev–Trinajstić information content (AvgIpc) is 2.54. The Morgan fingerprint density at radius 1 is 1.77 bits per heavy atom. The van der Waals surface area contributed by atoms with Crippen LogP contribution in [0.4, 0.5) is 0 Å². The van der Waals surface area contributed by atoms with E-state index in [1.54, 1.807) is 11.3 Å². The molecule has 72 valence electrons. The van der Waals surface area contributed by atoms with Gasteiger partial charge in [0.25, 0.3) is 0 Å². The lowest BCUT2D eigenvalue weighted by atomic mass is 10.3. The zero-order valence-corrected chi connectivity index (χ0v) is 10.4. The summed E-state index contributed by atoms with van der Waals surface area (Å²) in [7, 11) is 0. The standard InChI is InChI=1S/C8H12IN3S/c1-2-3-11-8(12-10)6-4-7(9)13-5-6/h4-5H,2-3,10H2,1H3,(H,11,12). The molecule has 13 heavy (non-hydrogen) atoms. The predicted molar refractivity (Wildman–Crippen MR) is 66.1 cm³/mol. The van der Waals surface area contributed by atoms with Crippen LogP contribution in [0.25, 0.3) is 0 Å². The summed E-state index contributed by atoms with van der Waals surface area (Å²) in [6, 6.07) is 2.07. The van der Waals surface area contributed by atoms with Crippen molar-refractivity contribution in [1.82, 2.24) is 5.43 Å². The molecule has 0 fully saturated rings. The molecule has 5 heteroatoms. The van der Waals surface area contributed by atoms with Crippen molar-refractivity contribution < 1.29 is 0 Å². The third kappa shape index (κ3) is 3.24. The van der Waals surface area contributed by atoms with Crippen LogP contribution >= 0.6 is 33.9 Å². The molecule has 0 aliphatic carbocycles. The topological polar surface area (TPSA) is 50.4 Å². The van der Waals surface area contributed by atoms with Crippen LogP contribution in [0.2, 0.25) is 0 Å². The van der Waals surface area contributed by atoms with Gasteiger partial charge in [-0.2, -0.15) is 0 Å². The van der Waals surface area contributed by atoms with E-state index >= 15 is 0 Å². The van der Waals surface area contributed by atoms with Gasteiger partial charge in [-0.05, 0) is 35.1 Å². The molecule has 3 nitrogen and oxygen atoms in total. The predicted octanol–water partition coefficient (Wildman–Crippen LogP) is 1.97. The summed E-state index contributed by atoms with van der Waals surface area (Å²) in [5, 5.41) is 2.05. The molecule has 1 aromatic rings. The molecule has 0 atom stereocenters. The summed E-state index contributed by atoms with van der Waals surface area (Å²) < 4.78 is 1.24. The van der Waals surface area contributed by atoms with Crippen molar-refractivity contribution in [3.05, 3.63) is 19.9 Å². The average molecular weight is 309 g/mol. The SMILES string of the molecule is CCCN=C(NN)c1csc(I)c1. The molecule has 0 aliphatic heterocycles. The van der Waals surface area contributed by atoms with Crippen molar-refractivity contribution in [1.29, 1.82) is 0 Å². The van der Waals surface area contributed by atoms with Crippen molar-refractivity contribution >= 4 is 39.8 Å². The lowest BCUT2D eigenvalue weighted by Crippen LogP contribution is -2.31. The van der Waals surface area contributed by atoms with Crippen LogP contribution in [-0.2, 0) is 0 Å². The molecule has 0 aliphatic rings. The maximum absolute atomic E-state index is 5.38. The number of hydrogen-bond acceptors (Lipinski definition) is 3. The van der Waals surface area contributed by atoms with Gasteiger partial charge in [-0.15, -0.1) is 11.3 Å². The van der Waals surface area contributed by atoms with Crippen molar-refractivity contribution in [3.63, 3.8) is 0 Å². The molecule has 0 saturated heterocycles. The van der Waals surface area contributed by atoms with E-state index < -0.39 is 0 Å². The Balaban J connectivity index is 2.77. The van der Waals surface area contributed by atoms with Crippen LogP contribution in [0.15, 0.2) is 16.4 Å². The number of nitrogens with zero attached hydrogens (tertiary/aromatic N) is 1. The number of thiophene rings is 1. The largest absolute Gasteiger partial charge is 0.308 e. The van der Waals surface area contributed by atoms with Crippen LogP contribution in [0, 0.1) is 2.88 Å². The Labute approximate surface area is 95.5 Å². The lowest BCUT2D eigenvalue weighted by Gasteiger charge is -2.01. The first kappa shape index (κ1) is 10.9. The normalized spacial score (nSPS) is 11.8. The van der Waals surface area contributed by atoms with Gasteiger partial charge in [0.1, 0.15) is 5.84 Å². The second-order valence-electron chi connectivity index (χ2n) is 2.51. The quantitative estimate of drug-likeness (QED) is 0.295. The smallest absolute Gasteiger partial charge is 0.143 e.